The van der Waals surface area contributed by atoms with E-state index in [-0.39, 0.29) is 0 Å². The minimum Gasteiger partial charge on any atom is -0.481 e. The number of nitrogens with one attached hydrogen (secondary N) is 1. The van der Waals surface area contributed by atoms with E-state index in [1.54, 1.807) is 13.8 Å². The van der Waals surface area contributed by atoms with E-state index in [0.29, 0.717) is 6.42 Å². The van der Waals surface area contributed by atoms with Gasteiger partial charge >= 0.3 is 5.97 Å². The first-order valence-corrected chi connectivity index (χ1v) is 7.39. The molecule has 0 aliphatic heterocycles. The summed E-state index contributed by atoms with van der Waals surface area (Å²) in [6.07, 6.45) is 7.47. The number of carboxylic acids is 1. The highest BCUT2D eigenvalue weighted by Gasteiger charge is 2.26. The number of aliphatic carboxylic acids is 1. The molecule has 1 aliphatic carbocycles. The van der Waals surface area contributed by atoms with Gasteiger partial charge in [-0.2, -0.15) is 0 Å². The Morgan fingerprint density at radius 1 is 1.33 bits per heavy atom. The minimum atomic E-state index is -0.701. The third-order valence-corrected chi connectivity index (χ3v) is 4.41. The second kappa shape index (κ2) is 7.13. The molecule has 0 radical (unpaired) electrons. The van der Waals surface area contributed by atoms with Gasteiger partial charge in [-0.3, -0.25) is 4.79 Å². The largest absolute Gasteiger partial charge is 0.481 e. The number of carbonyl (C=O) groups is 1. The van der Waals surface area contributed by atoms with Crippen LogP contribution in [0.4, 0.5) is 0 Å². The van der Waals surface area contributed by atoms with Crippen LogP contribution < -0.4 is 5.32 Å². The highest BCUT2D eigenvalue weighted by atomic mass is 16.4. The van der Waals surface area contributed by atoms with Crippen molar-refractivity contribution in [1.29, 1.82) is 0 Å². The zero-order chi connectivity index (χ0) is 13.6. The molecule has 0 aromatic heterocycles. The van der Waals surface area contributed by atoms with Gasteiger partial charge in [-0.05, 0) is 58.0 Å². The van der Waals surface area contributed by atoms with Crippen molar-refractivity contribution in [1.82, 2.24) is 5.32 Å². The SMILES string of the molecule is CCC1CCCC(CNCCC(C)(C)C(=O)O)C1. The summed E-state index contributed by atoms with van der Waals surface area (Å²) in [5.74, 6) is 1.02. The lowest BCUT2D eigenvalue weighted by Gasteiger charge is -2.29. The Hall–Kier alpha value is -0.570. The van der Waals surface area contributed by atoms with Crippen molar-refractivity contribution in [3.8, 4) is 0 Å². The topological polar surface area (TPSA) is 49.3 Å². The Kier molecular flexibility index (Phi) is 6.13. The molecular weight excluding hydrogens is 226 g/mol. The van der Waals surface area contributed by atoms with Gasteiger partial charge in [-0.1, -0.05) is 26.2 Å². The van der Waals surface area contributed by atoms with E-state index in [9.17, 15) is 4.79 Å². The molecule has 2 unspecified atom stereocenters. The van der Waals surface area contributed by atoms with Gasteiger partial charge in [-0.15, -0.1) is 0 Å². The van der Waals surface area contributed by atoms with E-state index >= 15 is 0 Å². The molecule has 1 fully saturated rings. The molecule has 0 amide bonds. The summed E-state index contributed by atoms with van der Waals surface area (Å²) in [5, 5.41) is 12.5. The van der Waals surface area contributed by atoms with Crippen LogP contribution in [-0.2, 0) is 4.79 Å². The summed E-state index contributed by atoms with van der Waals surface area (Å²) in [4.78, 5) is 11.0. The standard InChI is InChI=1S/C15H29NO2/c1-4-12-6-5-7-13(10-12)11-16-9-8-15(2,3)14(17)18/h12-13,16H,4-11H2,1-3H3,(H,17,18). The van der Waals surface area contributed by atoms with Gasteiger partial charge in [0.1, 0.15) is 0 Å². The predicted molar refractivity (Wildman–Crippen MR) is 74.6 cm³/mol. The molecule has 1 saturated carbocycles. The molecule has 1 rings (SSSR count). The van der Waals surface area contributed by atoms with Crippen molar-refractivity contribution in [2.24, 2.45) is 17.3 Å². The van der Waals surface area contributed by atoms with Gasteiger partial charge in [-0.25, -0.2) is 0 Å². The quantitative estimate of drug-likeness (QED) is 0.686. The maximum absolute atomic E-state index is 11.0. The van der Waals surface area contributed by atoms with Crippen LogP contribution in [0.3, 0.4) is 0 Å². The van der Waals surface area contributed by atoms with Crippen LogP contribution in [-0.4, -0.2) is 24.2 Å². The lowest BCUT2D eigenvalue weighted by Crippen LogP contribution is -2.32. The molecule has 2 atom stereocenters. The van der Waals surface area contributed by atoms with Crippen LogP contribution in [0, 0.1) is 17.3 Å². The molecule has 0 aromatic carbocycles. The van der Waals surface area contributed by atoms with Gasteiger partial charge < -0.3 is 10.4 Å². The zero-order valence-electron chi connectivity index (χ0n) is 12.2. The van der Waals surface area contributed by atoms with Crippen molar-refractivity contribution in [3.63, 3.8) is 0 Å². The van der Waals surface area contributed by atoms with E-state index in [2.05, 4.69) is 12.2 Å². The fourth-order valence-corrected chi connectivity index (χ4v) is 2.77. The van der Waals surface area contributed by atoms with Gasteiger partial charge in [0.25, 0.3) is 0 Å². The molecule has 18 heavy (non-hydrogen) atoms. The van der Waals surface area contributed by atoms with E-state index < -0.39 is 11.4 Å². The molecule has 0 heterocycles. The molecule has 0 spiro atoms. The molecule has 3 nitrogen and oxygen atoms in total. The lowest BCUT2D eigenvalue weighted by molar-refractivity contribution is -0.147. The number of rotatable bonds is 7. The Balaban J connectivity index is 2.16. The summed E-state index contributed by atoms with van der Waals surface area (Å²) in [5.41, 5.74) is -0.606. The molecule has 0 saturated heterocycles. The summed E-state index contributed by atoms with van der Waals surface area (Å²) in [6.45, 7) is 7.75. The van der Waals surface area contributed by atoms with Crippen molar-refractivity contribution in [2.45, 2.75) is 59.3 Å². The van der Waals surface area contributed by atoms with E-state index in [1.165, 1.54) is 32.1 Å². The number of hydrogen-bond acceptors (Lipinski definition) is 2. The maximum Gasteiger partial charge on any atom is 0.309 e. The molecule has 1 aliphatic rings. The first-order valence-electron chi connectivity index (χ1n) is 7.39. The van der Waals surface area contributed by atoms with Crippen molar-refractivity contribution in [3.05, 3.63) is 0 Å². The summed E-state index contributed by atoms with van der Waals surface area (Å²) >= 11 is 0. The van der Waals surface area contributed by atoms with Crippen LogP contribution in [0.2, 0.25) is 0 Å². The average molecular weight is 255 g/mol. The average Bonchev–Trinajstić information content (AvgIpc) is 2.35. The highest BCUT2D eigenvalue weighted by molar-refractivity contribution is 5.73. The molecule has 0 aromatic rings. The van der Waals surface area contributed by atoms with Crippen LogP contribution in [0.25, 0.3) is 0 Å². The van der Waals surface area contributed by atoms with Gasteiger partial charge in [0.2, 0.25) is 0 Å². The van der Waals surface area contributed by atoms with E-state index in [1.807, 2.05) is 0 Å². The van der Waals surface area contributed by atoms with Gasteiger partial charge in [0.05, 0.1) is 5.41 Å². The van der Waals surface area contributed by atoms with Gasteiger partial charge in [0, 0.05) is 0 Å². The molecule has 0 bridgehead atoms. The van der Waals surface area contributed by atoms with Crippen molar-refractivity contribution >= 4 is 5.97 Å². The lowest BCUT2D eigenvalue weighted by atomic mass is 9.80. The minimum absolute atomic E-state index is 0.606. The summed E-state index contributed by atoms with van der Waals surface area (Å²) < 4.78 is 0. The normalized spacial score (nSPS) is 25.1. The third kappa shape index (κ3) is 4.97. The second-order valence-electron chi connectivity index (χ2n) is 6.45. The first kappa shape index (κ1) is 15.5. The van der Waals surface area contributed by atoms with Crippen molar-refractivity contribution < 1.29 is 9.90 Å². The smallest absolute Gasteiger partial charge is 0.309 e. The van der Waals surface area contributed by atoms with E-state index in [4.69, 9.17) is 5.11 Å². The van der Waals surface area contributed by atoms with Crippen molar-refractivity contribution in [2.75, 3.05) is 13.1 Å². The van der Waals surface area contributed by atoms with Crippen LogP contribution in [0.15, 0.2) is 0 Å². The Labute approximate surface area is 111 Å². The van der Waals surface area contributed by atoms with Crippen LogP contribution >= 0.6 is 0 Å². The highest BCUT2D eigenvalue weighted by Crippen LogP contribution is 2.30. The molecular formula is C15H29NO2. The zero-order valence-corrected chi connectivity index (χ0v) is 12.2. The monoisotopic (exact) mass is 255 g/mol. The molecule has 2 N–H and O–H groups in total. The number of hydrogen-bond donors (Lipinski definition) is 2. The third-order valence-electron chi connectivity index (χ3n) is 4.41. The Bertz CT molecular complexity index is 263. The number of carboxylic acid groups (broad SMARTS) is 1. The fourth-order valence-electron chi connectivity index (χ4n) is 2.77. The Morgan fingerprint density at radius 2 is 2.00 bits per heavy atom. The van der Waals surface area contributed by atoms with E-state index in [0.717, 1.165) is 24.9 Å². The van der Waals surface area contributed by atoms with Crippen LogP contribution in [0.5, 0.6) is 0 Å². The molecule has 3 heteroatoms. The Morgan fingerprint density at radius 3 is 2.61 bits per heavy atom. The second-order valence-corrected chi connectivity index (χ2v) is 6.45. The fraction of sp³-hybridized carbons (Fsp3) is 0.933. The maximum atomic E-state index is 11.0. The van der Waals surface area contributed by atoms with Crippen LogP contribution in [0.1, 0.15) is 59.3 Å². The van der Waals surface area contributed by atoms with Gasteiger partial charge in [0.15, 0.2) is 0 Å². The predicted octanol–water partition coefficient (Wildman–Crippen LogP) is 3.29. The summed E-state index contributed by atoms with van der Waals surface area (Å²) in [7, 11) is 0. The molecule has 106 valence electrons. The summed E-state index contributed by atoms with van der Waals surface area (Å²) in [6, 6.07) is 0. The first-order chi connectivity index (χ1) is 8.45.